The molecule has 1 aromatic carbocycles. The number of anilines is 1. The van der Waals surface area contributed by atoms with Crippen molar-refractivity contribution in [2.45, 2.75) is 51.1 Å². The predicted octanol–water partition coefficient (Wildman–Crippen LogP) is 1.97. The third-order valence-corrected chi connectivity index (χ3v) is 5.42. The normalized spacial score (nSPS) is 19.1. The average Bonchev–Trinajstić information content (AvgIpc) is 3.37. The Bertz CT molecular complexity index is 929. The van der Waals surface area contributed by atoms with Crippen LogP contribution in [0.1, 0.15) is 38.4 Å². The maximum absolute atomic E-state index is 12.8. The average molecular weight is 382 g/mol. The minimum atomic E-state index is -0.900. The molecule has 1 aliphatic heterocycles. The number of amides is 4. The number of nitrogens with one attached hydrogen (secondary N) is 3. The quantitative estimate of drug-likeness (QED) is 0.698. The number of benzene rings is 1. The summed E-state index contributed by atoms with van der Waals surface area (Å²) in [5, 5.41) is 12.4. The van der Waals surface area contributed by atoms with E-state index >= 15 is 0 Å². The van der Waals surface area contributed by atoms with E-state index < -0.39 is 23.5 Å². The number of H-pyrrole nitrogens is 1. The molecule has 28 heavy (non-hydrogen) atoms. The largest absolute Gasteiger partial charge is 0.325 e. The van der Waals surface area contributed by atoms with Crippen molar-refractivity contribution >= 4 is 23.5 Å². The van der Waals surface area contributed by atoms with E-state index in [1.54, 1.807) is 31.2 Å². The van der Waals surface area contributed by atoms with Crippen LogP contribution in [0, 0.1) is 6.92 Å². The van der Waals surface area contributed by atoms with E-state index in [-0.39, 0.29) is 5.91 Å². The van der Waals surface area contributed by atoms with Crippen LogP contribution in [0.4, 0.5) is 10.5 Å². The first-order chi connectivity index (χ1) is 13.4. The highest BCUT2D eigenvalue weighted by Gasteiger charge is 2.54. The molecule has 9 nitrogen and oxygen atoms in total. The predicted molar refractivity (Wildman–Crippen MR) is 101 cm³/mol. The zero-order valence-corrected chi connectivity index (χ0v) is 15.8. The Hall–Kier alpha value is -3.23. The number of carbonyl (C=O) groups excluding carboxylic acids is 3. The highest BCUT2D eigenvalue weighted by molar-refractivity contribution is 6.11. The van der Waals surface area contributed by atoms with Crippen LogP contribution in [0.3, 0.4) is 0 Å². The molecule has 1 aromatic heterocycles. The van der Waals surface area contributed by atoms with E-state index in [1.807, 2.05) is 6.92 Å². The Balaban J connectivity index is 1.44. The first-order valence-electron chi connectivity index (χ1n) is 9.36. The monoisotopic (exact) mass is 382 g/mol. The lowest BCUT2D eigenvalue weighted by Crippen LogP contribution is -2.48. The molecule has 0 bridgehead atoms. The van der Waals surface area contributed by atoms with E-state index in [0.29, 0.717) is 24.4 Å². The summed E-state index contributed by atoms with van der Waals surface area (Å²) in [6.45, 7) is 3.38. The van der Waals surface area contributed by atoms with Gasteiger partial charge in [0.1, 0.15) is 17.4 Å². The molecular weight excluding hydrogens is 360 g/mol. The van der Waals surface area contributed by atoms with Crippen LogP contribution in [0.25, 0.3) is 11.4 Å². The summed E-state index contributed by atoms with van der Waals surface area (Å²) in [6.07, 6.45) is 3.06. The van der Waals surface area contributed by atoms with Crippen LogP contribution in [0.15, 0.2) is 24.3 Å². The lowest BCUT2D eigenvalue weighted by molar-refractivity contribution is -0.136. The molecule has 1 aliphatic carbocycles. The van der Waals surface area contributed by atoms with Gasteiger partial charge in [-0.25, -0.2) is 14.7 Å². The van der Waals surface area contributed by atoms with Gasteiger partial charge >= 0.3 is 6.03 Å². The molecule has 1 spiro atoms. The summed E-state index contributed by atoms with van der Waals surface area (Å²) < 4.78 is 0. The first-order valence-corrected chi connectivity index (χ1v) is 9.36. The summed E-state index contributed by atoms with van der Waals surface area (Å²) >= 11 is 0. The van der Waals surface area contributed by atoms with Gasteiger partial charge in [0, 0.05) is 11.3 Å². The topological polar surface area (TPSA) is 120 Å². The minimum absolute atomic E-state index is 0.298. The van der Waals surface area contributed by atoms with Gasteiger partial charge in [-0.1, -0.05) is 12.8 Å². The molecule has 4 amide bonds. The Morgan fingerprint density at radius 3 is 2.50 bits per heavy atom. The van der Waals surface area contributed by atoms with Crippen molar-refractivity contribution in [2.75, 3.05) is 5.32 Å². The Morgan fingerprint density at radius 2 is 1.89 bits per heavy atom. The number of urea groups is 1. The second-order valence-corrected chi connectivity index (χ2v) is 7.38. The molecule has 3 N–H and O–H groups in total. The molecular formula is C19H22N6O3. The Kier molecular flexibility index (Phi) is 4.37. The van der Waals surface area contributed by atoms with Crippen molar-refractivity contribution in [3.8, 4) is 11.4 Å². The number of aromatic nitrogens is 3. The fourth-order valence-electron chi connectivity index (χ4n) is 3.85. The van der Waals surface area contributed by atoms with E-state index in [2.05, 4.69) is 25.8 Å². The standard InChI is InChI=1S/C19H22N6O3/c1-11(25-17(27)19(22-18(25)28)9-3-4-10-19)16(26)21-14-7-5-13(6-8-14)15-20-12(2)23-24-15/h5-8,11H,3-4,9-10H2,1-2H3,(H,21,26)(H,22,28)(H,20,23,24). The smallest absolute Gasteiger partial charge is 0.324 e. The van der Waals surface area contributed by atoms with Crippen molar-refractivity contribution in [3.05, 3.63) is 30.1 Å². The van der Waals surface area contributed by atoms with Gasteiger partial charge in [0.15, 0.2) is 5.82 Å². The van der Waals surface area contributed by atoms with E-state index in [0.717, 1.165) is 29.1 Å². The molecule has 2 heterocycles. The minimum Gasteiger partial charge on any atom is -0.324 e. The van der Waals surface area contributed by atoms with Crippen molar-refractivity contribution < 1.29 is 14.4 Å². The number of imide groups is 1. The fourth-order valence-corrected chi connectivity index (χ4v) is 3.85. The van der Waals surface area contributed by atoms with Gasteiger partial charge in [-0.3, -0.25) is 14.7 Å². The van der Waals surface area contributed by atoms with Crippen LogP contribution in [0.2, 0.25) is 0 Å². The Morgan fingerprint density at radius 1 is 1.21 bits per heavy atom. The highest BCUT2D eigenvalue weighted by Crippen LogP contribution is 2.35. The first kappa shape index (κ1) is 18.1. The van der Waals surface area contributed by atoms with Crippen LogP contribution < -0.4 is 10.6 Å². The van der Waals surface area contributed by atoms with Crippen molar-refractivity contribution in [1.29, 1.82) is 0 Å². The van der Waals surface area contributed by atoms with Crippen LogP contribution in [-0.4, -0.2) is 49.5 Å². The molecule has 1 saturated heterocycles. The van der Waals surface area contributed by atoms with Crippen molar-refractivity contribution in [1.82, 2.24) is 25.4 Å². The fraction of sp³-hybridized carbons (Fsp3) is 0.421. The lowest BCUT2D eigenvalue weighted by atomic mass is 9.97. The maximum atomic E-state index is 12.8. The van der Waals surface area contributed by atoms with E-state index in [4.69, 9.17) is 0 Å². The molecule has 2 aromatic rings. The summed E-state index contributed by atoms with van der Waals surface area (Å²) in [5.41, 5.74) is 0.560. The summed E-state index contributed by atoms with van der Waals surface area (Å²) in [6, 6.07) is 5.66. The summed E-state index contributed by atoms with van der Waals surface area (Å²) in [5.74, 6) is 0.577. The number of aryl methyl sites for hydroxylation is 1. The van der Waals surface area contributed by atoms with Crippen molar-refractivity contribution in [3.63, 3.8) is 0 Å². The van der Waals surface area contributed by atoms with Gasteiger partial charge in [0.25, 0.3) is 5.91 Å². The maximum Gasteiger partial charge on any atom is 0.325 e. The molecule has 1 atom stereocenters. The van der Waals surface area contributed by atoms with Crippen molar-refractivity contribution in [2.24, 2.45) is 0 Å². The van der Waals surface area contributed by atoms with Gasteiger partial charge in [0.2, 0.25) is 5.91 Å². The van der Waals surface area contributed by atoms with Gasteiger partial charge in [0.05, 0.1) is 0 Å². The second-order valence-electron chi connectivity index (χ2n) is 7.38. The number of aromatic amines is 1. The van der Waals surface area contributed by atoms with Gasteiger partial charge < -0.3 is 10.6 Å². The highest BCUT2D eigenvalue weighted by atomic mass is 16.2. The van der Waals surface area contributed by atoms with Crippen LogP contribution in [0.5, 0.6) is 0 Å². The third-order valence-electron chi connectivity index (χ3n) is 5.42. The van der Waals surface area contributed by atoms with Gasteiger partial charge in [-0.15, -0.1) is 0 Å². The molecule has 4 rings (SSSR count). The SMILES string of the molecule is Cc1nc(-c2ccc(NC(=O)C(C)N3C(=O)NC4(CCCC4)C3=O)cc2)n[nH]1. The number of hydrogen-bond acceptors (Lipinski definition) is 5. The van der Waals surface area contributed by atoms with Crippen LogP contribution >= 0.6 is 0 Å². The molecule has 1 saturated carbocycles. The van der Waals surface area contributed by atoms with Crippen LogP contribution in [-0.2, 0) is 9.59 Å². The molecule has 2 fully saturated rings. The Labute approximate surface area is 161 Å². The molecule has 0 radical (unpaired) electrons. The number of carbonyl (C=O) groups is 3. The molecule has 146 valence electrons. The van der Waals surface area contributed by atoms with Gasteiger partial charge in [-0.05, 0) is 51.0 Å². The second kappa shape index (κ2) is 6.74. The van der Waals surface area contributed by atoms with E-state index in [9.17, 15) is 14.4 Å². The number of hydrogen-bond donors (Lipinski definition) is 3. The summed E-state index contributed by atoms with van der Waals surface area (Å²) in [7, 11) is 0. The zero-order chi connectivity index (χ0) is 19.9. The zero-order valence-electron chi connectivity index (χ0n) is 15.8. The van der Waals surface area contributed by atoms with E-state index in [1.165, 1.54) is 0 Å². The number of nitrogens with zero attached hydrogens (tertiary/aromatic N) is 3. The molecule has 9 heteroatoms. The third kappa shape index (κ3) is 3.02. The number of rotatable bonds is 4. The van der Waals surface area contributed by atoms with Gasteiger partial charge in [-0.2, -0.15) is 5.10 Å². The molecule has 1 unspecified atom stereocenters. The molecule has 2 aliphatic rings. The lowest BCUT2D eigenvalue weighted by Gasteiger charge is -2.23. The summed E-state index contributed by atoms with van der Waals surface area (Å²) in [4.78, 5) is 43.1.